The van der Waals surface area contributed by atoms with Crippen LogP contribution in [-0.4, -0.2) is 15.0 Å². The lowest BCUT2D eigenvalue weighted by Gasteiger charge is -2.21. The van der Waals surface area contributed by atoms with E-state index in [0.29, 0.717) is 23.5 Å². The van der Waals surface area contributed by atoms with Gasteiger partial charge < -0.3 is 4.74 Å². The van der Waals surface area contributed by atoms with Gasteiger partial charge in [-0.05, 0) is 46.3 Å². The van der Waals surface area contributed by atoms with Crippen LogP contribution in [-0.2, 0) is 0 Å². The normalized spacial score (nSPS) is 12.0. The Morgan fingerprint density at radius 3 is 1.78 bits per heavy atom. The van der Waals surface area contributed by atoms with Gasteiger partial charge in [0.2, 0.25) is 0 Å². The molecule has 0 fully saturated rings. The van der Waals surface area contributed by atoms with Gasteiger partial charge in [0.05, 0.1) is 1.37 Å². The Bertz CT molecular complexity index is 2100. The molecule has 0 unspecified atom stereocenters. The van der Waals surface area contributed by atoms with E-state index in [1.807, 2.05) is 78.9 Å². The smallest absolute Gasteiger partial charge is 0.164 e. The summed E-state index contributed by atoms with van der Waals surface area (Å²) in [5, 5.41) is 2.26. The summed E-state index contributed by atoms with van der Waals surface area (Å²) in [5.74, 6) is 3.51. The van der Waals surface area contributed by atoms with Crippen molar-refractivity contribution in [1.29, 1.82) is 0 Å². The van der Waals surface area contributed by atoms with Crippen molar-refractivity contribution in [3.8, 4) is 67.9 Å². The summed E-state index contributed by atoms with van der Waals surface area (Å²) in [7, 11) is 0. The number of nitrogens with zero attached hydrogens (tertiary/aromatic N) is 3. The third kappa shape index (κ3) is 4.14. The highest BCUT2D eigenvalue weighted by molar-refractivity contribution is 6.04. The average molecular weight is 527 g/mol. The molecule has 41 heavy (non-hydrogen) atoms. The van der Waals surface area contributed by atoms with Crippen molar-refractivity contribution in [1.82, 2.24) is 15.0 Å². The third-order valence-electron chi connectivity index (χ3n) is 7.48. The summed E-state index contributed by atoms with van der Waals surface area (Å²) in [6.07, 6.45) is 0. The fraction of sp³-hybridized carbons (Fsp3) is 0. The molecule has 0 N–H and O–H groups in total. The predicted molar refractivity (Wildman–Crippen MR) is 165 cm³/mol. The Labute approximate surface area is 239 Å². The third-order valence-corrected chi connectivity index (χ3v) is 7.48. The van der Waals surface area contributed by atoms with Gasteiger partial charge in [0.25, 0.3) is 0 Å². The van der Waals surface area contributed by atoms with Crippen LogP contribution in [0.15, 0.2) is 140 Å². The lowest BCUT2D eigenvalue weighted by molar-refractivity contribution is 0.487. The van der Waals surface area contributed by atoms with Gasteiger partial charge in [-0.25, -0.2) is 15.0 Å². The van der Waals surface area contributed by atoms with E-state index in [1.54, 1.807) is 12.1 Å². The molecule has 0 radical (unpaired) electrons. The molecule has 4 nitrogen and oxygen atoms in total. The summed E-state index contributed by atoms with van der Waals surface area (Å²) < 4.78 is 14.1. The molecule has 2 heterocycles. The Hall–Kier alpha value is -5.61. The first-order chi connectivity index (χ1) is 20.7. The number of fused-ring (bicyclic) bond motifs is 2. The standard InChI is InChI=1S/C37H23N3O/c1-3-9-24(10-4-1)25-17-19-28(20-18-25)36-38-35(27-11-5-2-6-12-27)39-37(40-36)29-21-22-32-31(23-29)30-15-7-13-26-14-8-16-33(41-32)34(26)30/h1-23H/i1D. The molecule has 0 aliphatic carbocycles. The highest BCUT2D eigenvalue weighted by Crippen LogP contribution is 2.47. The molecule has 0 spiro atoms. The topological polar surface area (TPSA) is 47.9 Å². The lowest BCUT2D eigenvalue weighted by atomic mass is 9.93. The van der Waals surface area contributed by atoms with E-state index in [2.05, 4.69) is 42.5 Å². The molecule has 7 aromatic rings. The van der Waals surface area contributed by atoms with Crippen molar-refractivity contribution in [2.24, 2.45) is 0 Å². The first kappa shape index (κ1) is 22.2. The van der Waals surface area contributed by atoms with Gasteiger partial charge in [0.15, 0.2) is 17.5 Å². The quantitative estimate of drug-likeness (QED) is 0.229. The number of hydrogen-bond donors (Lipinski definition) is 0. The van der Waals surface area contributed by atoms with Crippen LogP contribution in [0.5, 0.6) is 11.5 Å². The van der Waals surface area contributed by atoms with Crippen LogP contribution in [0.4, 0.5) is 0 Å². The van der Waals surface area contributed by atoms with E-state index >= 15 is 0 Å². The molecule has 192 valence electrons. The van der Waals surface area contributed by atoms with Gasteiger partial charge in [-0.15, -0.1) is 0 Å². The zero-order valence-electron chi connectivity index (χ0n) is 23.0. The van der Waals surface area contributed by atoms with Crippen LogP contribution in [0.1, 0.15) is 1.37 Å². The summed E-state index contributed by atoms with van der Waals surface area (Å²) in [4.78, 5) is 14.8. The van der Waals surface area contributed by atoms with E-state index in [4.69, 9.17) is 21.1 Å². The second-order valence-corrected chi connectivity index (χ2v) is 10.0. The van der Waals surface area contributed by atoms with Crippen LogP contribution in [0.3, 0.4) is 0 Å². The molecule has 0 bridgehead atoms. The summed E-state index contributed by atoms with van der Waals surface area (Å²) in [6.45, 7) is 0. The number of hydrogen-bond acceptors (Lipinski definition) is 4. The largest absolute Gasteiger partial charge is 0.456 e. The second kappa shape index (κ2) is 9.54. The van der Waals surface area contributed by atoms with Crippen LogP contribution >= 0.6 is 0 Å². The van der Waals surface area contributed by atoms with Gasteiger partial charge >= 0.3 is 0 Å². The van der Waals surface area contributed by atoms with E-state index in [1.165, 1.54) is 0 Å². The number of ether oxygens (including phenoxy) is 1. The molecule has 0 atom stereocenters. The van der Waals surface area contributed by atoms with E-state index in [-0.39, 0.29) is 0 Å². The maximum Gasteiger partial charge on any atom is 0.164 e. The molecular weight excluding hydrogens is 502 g/mol. The van der Waals surface area contributed by atoms with Gasteiger partial charge in [-0.1, -0.05) is 115 Å². The Morgan fingerprint density at radius 2 is 1.02 bits per heavy atom. The Morgan fingerprint density at radius 1 is 0.439 bits per heavy atom. The molecular formula is C37H23N3O. The Kier molecular flexibility index (Phi) is 5.17. The van der Waals surface area contributed by atoms with Gasteiger partial charge in [0, 0.05) is 27.6 Å². The van der Waals surface area contributed by atoms with Crippen molar-refractivity contribution < 1.29 is 6.11 Å². The predicted octanol–water partition coefficient (Wildman–Crippen LogP) is 9.47. The van der Waals surface area contributed by atoms with Gasteiger partial charge in [-0.2, -0.15) is 0 Å². The minimum atomic E-state index is 0.496. The number of benzene rings is 6. The fourth-order valence-electron chi connectivity index (χ4n) is 5.44. The average Bonchev–Trinajstić information content (AvgIpc) is 3.05. The molecule has 4 heteroatoms. The highest BCUT2D eigenvalue weighted by Gasteiger charge is 2.21. The highest BCUT2D eigenvalue weighted by atomic mass is 16.5. The van der Waals surface area contributed by atoms with E-state index in [9.17, 15) is 0 Å². The molecule has 0 saturated heterocycles. The van der Waals surface area contributed by atoms with E-state index < -0.39 is 0 Å². The maximum absolute atomic E-state index is 7.77. The number of rotatable bonds is 4. The molecule has 1 aliphatic rings. The van der Waals surface area contributed by atoms with Crippen molar-refractivity contribution in [3.63, 3.8) is 0 Å². The summed E-state index contributed by atoms with van der Waals surface area (Å²) >= 11 is 0. The second-order valence-electron chi connectivity index (χ2n) is 10.0. The maximum atomic E-state index is 7.77. The Balaban J connectivity index is 1.25. The van der Waals surface area contributed by atoms with Crippen LogP contribution in [0.25, 0.3) is 67.2 Å². The van der Waals surface area contributed by atoms with Crippen molar-refractivity contribution >= 4 is 10.8 Å². The van der Waals surface area contributed by atoms with Gasteiger partial charge in [0.1, 0.15) is 11.5 Å². The molecule has 1 aromatic heterocycles. The molecule has 8 rings (SSSR count). The van der Waals surface area contributed by atoms with Crippen LogP contribution < -0.4 is 4.74 Å². The molecule has 1 aliphatic heterocycles. The van der Waals surface area contributed by atoms with Crippen molar-refractivity contribution in [2.75, 3.05) is 0 Å². The van der Waals surface area contributed by atoms with Crippen LogP contribution in [0, 0.1) is 0 Å². The van der Waals surface area contributed by atoms with Crippen LogP contribution in [0.2, 0.25) is 0 Å². The van der Waals surface area contributed by atoms with Crippen molar-refractivity contribution in [2.45, 2.75) is 0 Å². The molecule has 6 aromatic carbocycles. The minimum Gasteiger partial charge on any atom is -0.456 e. The first-order valence-corrected chi connectivity index (χ1v) is 13.5. The monoisotopic (exact) mass is 526 g/mol. The lowest BCUT2D eigenvalue weighted by Crippen LogP contribution is -2.01. The first-order valence-electron chi connectivity index (χ1n) is 14.0. The van der Waals surface area contributed by atoms with E-state index in [0.717, 1.165) is 61.2 Å². The van der Waals surface area contributed by atoms with Gasteiger partial charge in [-0.3, -0.25) is 0 Å². The SMILES string of the molecule is [2H]c1ccc(-c2ccc(-c3nc(-c4ccccc4)nc(-c4ccc5c(c4)-c4cccc6cccc(c46)O5)n3)cc2)cc1. The summed E-state index contributed by atoms with van der Waals surface area (Å²) in [5.41, 5.74) is 7.00. The molecule has 0 amide bonds. The zero-order chi connectivity index (χ0) is 28.0. The summed E-state index contributed by atoms with van der Waals surface area (Å²) in [6, 6.07) is 44.9. The minimum absolute atomic E-state index is 0.496. The fourth-order valence-corrected chi connectivity index (χ4v) is 5.44. The zero-order valence-corrected chi connectivity index (χ0v) is 22.0. The van der Waals surface area contributed by atoms with Crippen molar-refractivity contribution in [3.05, 3.63) is 140 Å². The molecule has 0 saturated carbocycles. The number of aromatic nitrogens is 3.